The van der Waals surface area contributed by atoms with Crippen LogP contribution in [0.4, 0.5) is 0 Å². The maximum atomic E-state index is 12.0. The Bertz CT molecular complexity index is 799. The summed E-state index contributed by atoms with van der Waals surface area (Å²) in [6, 6.07) is 12.8. The summed E-state index contributed by atoms with van der Waals surface area (Å²) >= 11 is 0. The predicted octanol–water partition coefficient (Wildman–Crippen LogP) is 2.39. The molecule has 4 nitrogen and oxygen atoms in total. The molecule has 2 aromatic carbocycles. The van der Waals surface area contributed by atoms with Crippen LogP contribution in [0.1, 0.15) is 11.1 Å². The van der Waals surface area contributed by atoms with E-state index in [1.165, 1.54) is 0 Å². The summed E-state index contributed by atoms with van der Waals surface area (Å²) in [5, 5.41) is 9.47. The quantitative estimate of drug-likeness (QED) is 0.737. The third-order valence-electron chi connectivity index (χ3n) is 3.18. The van der Waals surface area contributed by atoms with E-state index in [1.807, 2.05) is 31.2 Å². The van der Waals surface area contributed by atoms with Crippen LogP contribution in [0.15, 0.2) is 47.3 Å². The maximum absolute atomic E-state index is 12.0. The zero-order valence-electron chi connectivity index (χ0n) is 10.6. The van der Waals surface area contributed by atoms with Gasteiger partial charge in [-0.2, -0.15) is 0 Å². The number of imidazole rings is 1. The zero-order valence-corrected chi connectivity index (χ0v) is 10.6. The van der Waals surface area contributed by atoms with Crippen LogP contribution >= 0.6 is 0 Å². The molecule has 19 heavy (non-hydrogen) atoms. The number of phenolic OH excluding ortho intramolecular Hbond substituents is 1. The number of hydrogen-bond donors (Lipinski definition) is 2. The van der Waals surface area contributed by atoms with Crippen LogP contribution in [0.25, 0.3) is 11.0 Å². The van der Waals surface area contributed by atoms with Crippen LogP contribution in [0, 0.1) is 6.92 Å². The van der Waals surface area contributed by atoms with Crippen molar-refractivity contribution >= 4 is 11.0 Å². The number of nitrogens with zero attached hydrogens (tertiary/aromatic N) is 1. The van der Waals surface area contributed by atoms with E-state index in [2.05, 4.69) is 4.98 Å². The van der Waals surface area contributed by atoms with Crippen molar-refractivity contribution in [3.05, 3.63) is 64.1 Å². The van der Waals surface area contributed by atoms with Crippen LogP contribution in [-0.2, 0) is 6.54 Å². The van der Waals surface area contributed by atoms with Gasteiger partial charge in [-0.05, 0) is 42.3 Å². The summed E-state index contributed by atoms with van der Waals surface area (Å²) in [6.45, 7) is 2.43. The molecular weight excluding hydrogens is 240 g/mol. The van der Waals surface area contributed by atoms with E-state index in [1.54, 1.807) is 22.8 Å². The first kappa shape index (κ1) is 11.6. The Morgan fingerprint density at radius 3 is 2.84 bits per heavy atom. The van der Waals surface area contributed by atoms with Crippen LogP contribution < -0.4 is 5.69 Å². The average Bonchev–Trinajstić information content (AvgIpc) is 2.65. The second kappa shape index (κ2) is 4.31. The number of benzene rings is 2. The maximum Gasteiger partial charge on any atom is 0.326 e. The Morgan fingerprint density at radius 2 is 2.05 bits per heavy atom. The van der Waals surface area contributed by atoms with Gasteiger partial charge in [-0.15, -0.1) is 0 Å². The van der Waals surface area contributed by atoms with Gasteiger partial charge in [0, 0.05) is 0 Å². The molecule has 0 aliphatic rings. The molecule has 0 unspecified atom stereocenters. The highest BCUT2D eigenvalue weighted by Gasteiger charge is 2.07. The minimum absolute atomic E-state index is 0.135. The highest BCUT2D eigenvalue weighted by atomic mass is 16.3. The van der Waals surface area contributed by atoms with Gasteiger partial charge in [-0.25, -0.2) is 4.79 Å². The van der Waals surface area contributed by atoms with Gasteiger partial charge < -0.3 is 10.1 Å². The van der Waals surface area contributed by atoms with Crippen molar-refractivity contribution in [3.8, 4) is 5.75 Å². The lowest BCUT2D eigenvalue weighted by molar-refractivity contribution is 0.474. The van der Waals surface area contributed by atoms with E-state index in [4.69, 9.17) is 0 Å². The largest absolute Gasteiger partial charge is 0.508 e. The topological polar surface area (TPSA) is 58.0 Å². The fraction of sp³-hybridized carbons (Fsp3) is 0.133. The van der Waals surface area contributed by atoms with E-state index in [9.17, 15) is 9.90 Å². The average molecular weight is 254 g/mol. The van der Waals surface area contributed by atoms with Crippen molar-refractivity contribution in [1.82, 2.24) is 9.55 Å². The number of aromatic amines is 1. The summed E-state index contributed by atoms with van der Waals surface area (Å²) in [7, 11) is 0. The molecule has 0 radical (unpaired) electrons. The van der Waals surface area contributed by atoms with Gasteiger partial charge in [0.15, 0.2) is 0 Å². The van der Waals surface area contributed by atoms with Crippen LogP contribution in [-0.4, -0.2) is 14.7 Å². The SMILES string of the molecule is Cc1ccc2c(c1)[nH]c(=O)n2Cc1cccc(O)c1. The van der Waals surface area contributed by atoms with E-state index in [0.717, 1.165) is 22.2 Å². The summed E-state index contributed by atoms with van der Waals surface area (Å²) in [6.07, 6.45) is 0. The number of phenols is 1. The lowest BCUT2D eigenvalue weighted by Crippen LogP contribution is -2.17. The molecule has 0 saturated heterocycles. The summed E-state index contributed by atoms with van der Waals surface area (Å²) in [5.41, 5.74) is 3.58. The molecule has 0 aliphatic heterocycles. The van der Waals surface area contributed by atoms with E-state index in [-0.39, 0.29) is 11.4 Å². The standard InChI is InChI=1S/C15H14N2O2/c1-10-5-6-14-13(7-10)16-15(19)17(14)9-11-3-2-4-12(18)8-11/h2-8,18H,9H2,1H3,(H,16,19). The number of H-pyrrole nitrogens is 1. The minimum Gasteiger partial charge on any atom is -0.508 e. The number of rotatable bonds is 2. The highest BCUT2D eigenvalue weighted by Crippen LogP contribution is 2.16. The first-order valence-corrected chi connectivity index (χ1v) is 6.10. The van der Waals surface area contributed by atoms with Gasteiger partial charge in [0.1, 0.15) is 5.75 Å². The van der Waals surface area contributed by atoms with Crippen molar-refractivity contribution in [2.45, 2.75) is 13.5 Å². The fourth-order valence-electron chi connectivity index (χ4n) is 2.27. The number of hydrogen-bond acceptors (Lipinski definition) is 2. The Balaban J connectivity index is 2.10. The molecule has 0 spiro atoms. The minimum atomic E-state index is -0.135. The summed E-state index contributed by atoms with van der Waals surface area (Å²) in [4.78, 5) is 14.8. The molecular formula is C15H14N2O2. The van der Waals surface area contributed by atoms with Crippen molar-refractivity contribution in [1.29, 1.82) is 0 Å². The Morgan fingerprint density at radius 1 is 1.21 bits per heavy atom. The Hall–Kier alpha value is -2.49. The molecule has 96 valence electrons. The second-order valence-corrected chi connectivity index (χ2v) is 4.71. The van der Waals surface area contributed by atoms with Gasteiger partial charge in [0.25, 0.3) is 0 Å². The first-order valence-electron chi connectivity index (χ1n) is 6.10. The van der Waals surface area contributed by atoms with Crippen molar-refractivity contribution in [2.75, 3.05) is 0 Å². The van der Waals surface area contributed by atoms with E-state index < -0.39 is 0 Å². The van der Waals surface area contributed by atoms with Gasteiger partial charge in [-0.3, -0.25) is 4.57 Å². The summed E-state index contributed by atoms with van der Waals surface area (Å²) in [5.74, 6) is 0.209. The monoisotopic (exact) mass is 254 g/mol. The number of aromatic hydroxyl groups is 1. The number of nitrogens with one attached hydrogen (secondary N) is 1. The molecule has 0 fully saturated rings. The zero-order chi connectivity index (χ0) is 13.4. The molecule has 1 aromatic heterocycles. The molecule has 1 heterocycles. The van der Waals surface area contributed by atoms with Crippen LogP contribution in [0.5, 0.6) is 5.75 Å². The third kappa shape index (κ3) is 2.12. The first-order chi connectivity index (χ1) is 9.13. The molecule has 3 aromatic rings. The number of fused-ring (bicyclic) bond motifs is 1. The smallest absolute Gasteiger partial charge is 0.326 e. The number of aromatic nitrogens is 2. The molecule has 2 N–H and O–H groups in total. The van der Waals surface area contributed by atoms with Crippen molar-refractivity contribution in [2.24, 2.45) is 0 Å². The van der Waals surface area contributed by atoms with Crippen LogP contribution in [0.3, 0.4) is 0 Å². The van der Waals surface area contributed by atoms with Crippen molar-refractivity contribution < 1.29 is 5.11 Å². The Kier molecular flexibility index (Phi) is 2.63. The molecule has 3 rings (SSSR count). The van der Waals surface area contributed by atoms with Gasteiger partial charge in [0.2, 0.25) is 0 Å². The van der Waals surface area contributed by atoms with Gasteiger partial charge in [-0.1, -0.05) is 18.2 Å². The fourth-order valence-corrected chi connectivity index (χ4v) is 2.27. The Labute approximate surface area is 109 Å². The third-order valence-corrected chi connectivity index (χ3v) is 3.18. The molecule has 0 bridgehead atoms. The molecule has 4 heteroatoms. The molecule has 0 saturated carbocycles. The van der Waals surface area contributed by atoms with E-state index in [0.29, 0.717) is 6.54 Å². The second-order valence-electron chi connectivity index (χ2n) is 4.71. The van der Waals surface area contributed by atoms with Gasteiger partial charge in [0.05, 0.1) is 17.6 Å². The van der Waals surface area contributed by atoms with Crippen molar-refractivity contribution in [3.63, 3.8) is 0 Å². The normalized spacial score (nSPS) is 11.0. The van der Waals surface area contributed by atoms with E-state index >= 15 is 0 Å². The molecule has 0 amide bonds. The lowest BCUT2D eigenvalue weighted by atomic mass is 10.2. The molecule has 0 aliphatic carbocycles. The highest BCUT2D eigenvalue weighted by molar-refractivity contribution is 5.76. The molecule has 0 atom stereocenters. The predicted molar refractivity (Wildman–Crippen MR) is 74.5 cm³/mol. The van der Waals surface area contributed by atoms with Gasteiger partial charge >= 0.3 is 5.69 Å². The lowest BCUT2D eigenvalue weighted by Gasteiger charge is -2.04. The summed E-state index contributed by atoms with van der Waals surface area (Å²) < 4.78 is 1.67. The number of aryl methyl sites for hydroxylation is 1. The van der Waals surface area contributed by atoms with Crippen LogP contribution in [0.2, 0.25) is 0 Å².